The van der Waals surface area contributed by atoms with Gasteiger partial charge in [0.25, 0.3) is 0 Å². The summed E-state index contributed by atoms with van der Waals surface area (Å²) in [4.78, 5) is 2.37. The number of unbranched alkanes of at least 4 members (excludes halogenated alkanes) is 3. The molecule has 0 spiro atoms. The molecule has 2 nitrogen and oxygen atoms in total. The maximum absolute atomic E-state index is 5.79. The molecular weight excluding hydrogens is 244 g/mol. The number of nitrogens with two attached hydrogens (primary N) is 1. The molecule has 20 heavy (non-hydrogen) atoms. The molecule has 0 saturated heterocycles. The van der Waals surface area contributed by atoms with Crippen molar-refractivity contribution in [3.05, 3.63) is 54.6 Å². The highest BCUT2D eigenvalue weighted by Gasteiger charge is 2.08. The van der Waals surface area contributed by atoms with Gasteiger partial charge in [-0.2, -0.15) is 0 Å². The van der Waals surface area contributed by atoms with Gasteiger partial charge in [0.05, 0.1) is 0 Å². The molecule has 0 saturated carbocycles. The summed E-state index contributed by atoms with van der Waals surface area (Å²) in [5.74, 6) is 0. The maximum atomic E-state index is 5.79. The molecule has 106 valence electrons. The lowest BCUT2D eigenvalue weighted by atomic mass is 10.1. The summed E-state index contributed by atoms with van der Waals surface area (Å²) < 4.78 is 0. The first kappa shape index (κ1) is 14.4. The molecular formula is C18H24N2. The minimum Gasteiger partial charge on any atom is -0.399 e. The number of nitrogen functional groups attached to an aromatic ring is 1. The van der Waals surface area contributed by atoms with Crippen molar-refractivity contribution in [3.8, 4) is 0 Å². The monoisotopic (exact) mass is 268 g/mol. The number of hydrogen-bond donors (Lipinski definition) is 1. The summed E-state index contributed by atoms with van der Waals surface area (Å²) in [6.07, 6.45) is 5.08. The van der Waals surface area contributed by atoms with E-state index in [0.717, 1.165) is 12.2 Å². The molecule has 2 aromatic rings. The van der Waals surface area contributed by atoms with E-state index in [1.165, 1.54) is 37.1 Å². The number of benzene rings is 2. The van der Waals surface area contributed by atoms with E-state index >= 15 is 0 Å². The quantitative estimate of drug-likeness (QED) is 0.566. The molecule has 0 atom stereocenters. The molecule has 0 radical (unpaired) electrons. The zero-order valence-corrected chi connectivity index (χ0v) is 12.3. The number of hydrogen-bond acceptors (Lipinski definition) is 2. The fraction of sp³-hybridized carbons (Fsp3) is 0.333. The molecule has 0 unspecified atom stereocenters. The van der Waals surface area contributed by atoms with E-state index in [1.54, 1.807) is 0 Å². The summed E-state index contributed by atoms with van der Waals surface area (Å²) in [6, 6.07) is 18.7. The highest BCUT2D eigenvalue weighted by Crippen LogP contribution is 2.26. The van der Waals surface area contributed by atoms with E-state index < -0.39 is 0 Å². The third kappa shape index (κ3) is 4.02. The van der Waals surface area contributed by atoms with Gasteiger partial charge in [0.1, 0.15) is 0 Å². The van der Waals surface area contributed by atoms with E-state index in [1.807, 2.05) is 12.1 Å². The van der Waals surface area contributed by atoms with Crippen molar-refractivity contribution in [1.82, 2.24) is 0 Å². The van der Waals surface area contributed by atoms with Crippen molar-refractivity contribution in [2.24, 2.45) is 0 Å². The highest BCUT2D eigenvalue weighted by molar-refractivity contribution is 5.64. The first-order chi connectivity index (χ1) is 9.81. The molecule has 2 rings (SSSR count). The van der Waals surface area contributed by atoms with Crippen LogP contribution in [0.2, 0.25) is 0 Å². The fourth-order valence-corrected chi connectivity index (χ4v) is 2.37. The van der Waals surface area contributed by atoms with Crippen molar-refractivity contribution >= 4 is 17.1 Å². The Kier molecular flexibility index (Phi) is 5.48. The Bertz CT molecular complexity index is 491. The van der Waals surface area contributed by atoms with E-state index in [4.69, 9.17) is 5.73 Å². The Balaban J connectivity index is 2.13. The smallest absolute Gasteiger partial charge is 0.0412 e. The summed E-state index contributed by atoms with van der Waals surface area (Å²) in [5.41, 5.74) is 9.05. The summed E-state index contributed by atoms with van der Waals surface area (Å²) in [7, 11) is 0. The van der Waals surface area contributed by atoms with Gasteiger partial charge in [0.2, 0.25) is 0 Å². The molecule has 2 N–H and O–H groups in total. The Labute approximate surface area is 122 Å². The van der Waals surface area contributed by atoms with Crippen molar-refractivity contribution in [2.45, 2.75) is 32.6 Å². The van der Waals surface area contributed by atoms with Crippen LogP contribution in [0.1, 0.15) is 32.6 Å². The van der Waals surface area contributed by atoms with Crippen LogP contribution in [0.5, 0.6) is 0 Å². The SMILES string of the molecule is CCCCCCN(c1ccccc1)c1ccc(N)cc1. The Morgan fingerprint density at radius 3 is 2.10 bits per heavy atom. The number of para-hydroxylation sites is 1. The first-order valence-corrected chi connectivity index (χ1v) is 7.49. The Morgan fingerprint density at radius 1 is 0.800 bits per heavy atom. The van der Waals surface area contributed by atoms with Gasteiger partial charge in [0.15, 0.2) is 0 Å². The number of anilines is 3. The van der Waals surface area contributed by atoms with E-state index in [9.17, 15) is 0 Å². The largest absolute Gasteiger partial charge is 0.399 e. The van der Waals surface area contributed by atoms with Gasteiger partial charge < -0.3 is 10.6 Å². The predicted molar refractivity (Wildman–Crippen MR) is 88.4 cm³/mol. The van der Waals surface area contributed by atoms with Gasteiger partial charge in [-0.25, -0.2) is 0 Å². The molecule has 0 fully saturated rings. The topological polar surface area (TPSA) is 29.3 Å². The molecule has 0 amide bonds. The lowest BCUT2D eigenvalue weighted by Gasteiger charge is -2.25. The van der Waals surface area contributed by atoms with Crippen LogP contribution in [0.15, 0.2) is 54.6 Å². The van der Waals surface area contributed by atoms with E-state index in [2.05, 4.69) is 54.3 Å². The molecule has 2 aromatic carbocycles. The van der Waals surface area contributed by atoms with Gasteiger partial charge in [0, 0.05) is 23.6 Å². The molecule has 0 heterocycles. The zero-order chi connectivity index (χ0) is 14.2. The van der Waals surface area contributed by atoms with Crippen LogP contribution in [0.3, 0.4) is 0 Å². The van der Waals surface area contributed by atoms with Gasteiger partial charge in [-0.15, -0.1) is 0 Å². The van der Waals surface area contributed by atoms with Gasteiger partial charge in [-0.3, -0.25) is 0 Å². The van der Waals surface area contributed by atoms with Crippen molar-refractivity contribution in [2.75, 3.05) is 17.2 Å². The molecule has 2 heteroatoms. The average molecular weight is 268 g/mol. The predicted octanol–water partition coefficient (Wildman–Crippen LogP) is 4.99. The minimum absolute atomic E-state index is 0.813. The second-order valence-electron chi connectivity index (χ2n) is 5.14. The van der Waals surface area contributed by atoms with E-state index in [-0.39, 0.29) is 0 Å². The second kappa shape index (κ2) is 7.59. The molecule has 0 aromatic heterocycles. The summed E-state index contributed by atoms with van der Waals surface area (Å²) in [5, 5.41) is 0. The normalized spacial score (nSPS) is 10.4. The Morgan fingerprint density at radius 2 is 1.45 bits per heavy atom. The maximum Gasteiger partial charge on any atom is 0.0412 e. The third-order valence-corrected chi connectivity index (χ3v) is 3.51. The standard InChI is InChI=1S/C18H24N2/c1-2-3-4-8-15-20(17-9-6-5-7-10-17)18-13-11-16(19)12-14-18/h5-7,9-14H,2-4,8,15,19H2,1H3. The zero-order valence-electron chi connectivity index (χ0n) is 12.3. The third-order valence-electron chi connectivity index (χ3n) is 3.51. The second-order valence-corrected chi connectivity index (χ2v) is 5.14. The minimum atomic E-state index is 0.813. The Hall–Kier alpha value is -1.96. The van der Waals surface area contributed by atoms with Gasteiger partial charge in [-0.1, -0.05) is 44.4 Å². The van der Waals surface area contributed by atoms with Crippen LogP contribution >= 0.6 is 0 Å². The van der Waals surface area contributed by atoms with Crippen LogP contribution in [0, 0.1) is 0 Å². The van der Waals surface area contributed by atoms with Crippen LogP contribution in [-0.4, -0.2) is 6.54 Å². The van der Waals surface area contributed by atoms with Gasteiger partial charge >= 0.3 is 0 Å². The van der Waals surface area contributed by atoms with Gasteiger partial charge in [-0.05, 0) is 42.8 Å². The van der Waals surface area contributed by atoms with Crippen LogP contribution in [0.25, 0.3) is 0 Å². The lowest BCUT2D eigenvalue weighted by molar-refractivity contribution is 0.668. The van der Waals surface area contributed by atoms with Crippen molar-refractivity contribution < 1.29 is 0 Å². The number of rotatable bonds is 7. The van der Waals surface area contributed by atoms with E-state index in [0.29, 0.717) is 0 Å². The molecule has 0 bridgehead atoms. The molecule has 0 aliphatic rings. The fourth-order valence-electron chi connectivity index (χ4n) is 2.37. The highest BCUT2D eigenvalue weighted by atomic mass is 15.1. The first-order valence-electron chi connectivity index (χ1n) is 7.49. The van der Waals surface area contributed by atoms with Crippen LogP contribution in [0.4, 0.5) is 17.1 Å². The summed E-state index contributed by atoms with van der Waals surface area (Å²) in [6.45, 7) is 3.29. The average Bonchev–Trinajstić information content (AvgIpc) is 2.50. The van der Waals surface area contributed by atoms with Crippen molar-refractivity contribution in [1.29, 1.82) is 0 Å². The molecule has 0 aliphatic heterocycles. The lowest BCUT2D eigenvalue weighted by Crippen LogP contribution is -2.18. The summed E-state index contributed by atoms with van der Waals surface area (Å²) >= 11 is 0. The van der Waals surface area contributed by atoms with Crippen molar-refractivity contribution in [3.63, 3.8) is 0 Å². The molecule has 0 aliphatic carbocycles. The van der Waals surface area contributed by atoms with Crippen LogP contribution in [-0.2, 0) is 0 Å². The number of nitrogens with zero attached hydrogens (tertiary/aromatic N) is 1. The van der Waals surface area contributed by atoms with Crippen LogP contribution < -0.4 is 10.6 Å².